The quantitative estimate of drug-likeness (QED) is 0.0923. The molecule has 304 valence electrons. The summed E-state index contributed by atoms with van der Waals surface area (Å²) in [6.45, 7) is 15.5. The molecule has 1 saturated carbocycles. The molecule has 4 aromatic rings. The second-order valence-electron chi connectivity index (χ2n) is 15.7. The van der Waals surface area contributed by atoms with Crippen LogP contribution in [0.15, 0.2) is 66.7 Å². The average Bonchev–Trinajstić information content (AvgIpc) is 3.74. The van der Waals surface area contributed by atoms with Gasteiger partial charge in [0.15, 0.2) is 0 Å². The number of aryl methyl sites for hydroxylation is 1. The van der Waals surface area contributed by atoms with Crippen molar-refractivity contribution in [3.05, 3.63) is 83.4 Å². The van der Waals surface area contributed by atoms with Crippen LogP contribution in [0.25, 0.3) is 22.5 Å². The summed E-state index contributed by atoms with van der Waals surface area (Å²) in [6.07, 6.45) is 2.70. The summed E-state index contributed by atoms with van der Waals surface area (Å²) in [7, 11) is 0. The highest BCUT2D eigenvalue weighted by atomic mass is 16.6. The number of aromatic nitrogens is 4. The number of hydrogen-bond acceptors (Lipinski definition) is 9. The topological polar surface area (TPSA) is 183 Å². The van der Waals surface area contributed by atoms with Crippen molar-refractivity contribution in [3.63, 3.8) is 0 Å². The highest BCUT2D eigenvalue weighted by Crippen LogP contribution is 2.29. The minimum absolute atomic E-state index is 0.0929. The van der Waals surface area contributed by atoms with Crippen molar-refractivity contribution in [2.45, 2.75) is 85.3 Å². The molecule has 57 heavy (non-hydrogen) atoms. The van der Waals surface area contributed by atoms with Crippen LogP contribution in [0.1, 0.15) is 81.8 Å². The van der Waals surface area contributed by atoms with Crippen LogP contribution in [0.3, 0.4) is 0 Å². The van der Waals surface area contributed by atoms with E-state index < -0.39 is 17.7 Å². The van der Waals surface area contributed by atoms with E-state index in [9.17, 15) is 19.2 Å². The Kier molecular flexibility index (Phi) is 14.9. The van der Waals surface area contributed by atoms with E-state index in [1.165, 1.54) is 0 Å². The molecule has 0 aliphatic heterocycles. The number of anilines is 1. The van der Waals surface area contributed by atoms with Gasteiger partial charge < -0.3 is 30.9 Å². The number of carbonyl (C=O) groups is 4. The van der Waals surface area contributed by atoms with Crippen molar-refractivity contribution in [1.82, 2.24) is 41.5 Å². The lowest BCUT2D eigenvalue weighted by Gasteiger charge is -2.29. The maximum Gasteiger partial charge on any atom is 0.407 e. The molecule has 5 rings (SSSR count). The molecule has 0 spiro atoms. The molecule has 1 heterocycles. The van der Waals surface area contributed by atoms with Gasteiger partial charge in [-0.15, -0.1) is 10.2 Å². The molecule has 1 atom stereocenters. The Morgan fingerprint density at radius 1 is 0.895 bits per heavy atom. The predicted octanol–water partition coefficient (Wildman–Crippen LogP) is 5.91. The zero-order valence-corrected chi connectivity index (χ0v) is 34.0. The molecule has 1 aliphatic rings. The molecule has 4 amide bonds. The summed E-state index contributed by atoms with van der Waals surface area (Å²) in [5.41, 5.74) is 5.20. The van der Waals surface area contributed by atoms with Gasteiger partial charge in [-0.1, -0.05) is 44.2 Å². The average molecular weight is 780 g/mol. The molecule has 3 aromatic carbocycles. The maximum atomic E-state index is 13.8. The number of rotatable bonds is 16. The van der Waals surface area contributed by atoms with Crippen LogP contribution in [0.4, 0.5) is 10.5 Å². The van der Waals surface area contributed by atoms with Crippen LogP contribution in [0.2, 0.25) is 0 Å². The van der Waals surface area contributed by atoms with Gasteiger partial charge in [0.25, 0.3) is 5.91 Å². The highest BCUT2D eigenvalue weighted by Gasteiger charge is 2.30. The van der Waals surface area contributed by atoms with E-state index in [0.717, 1.165) is 60.3 Å². The first-order valence-electron chi connectivity index (χ1n) is 19.9. The number of ether oxygens (including phenoxy) is 1. The molecule has 14 heteroatoms. The normalized spacial score (nSPS) is 16.1. The van der Waals surface area contributed by atoms with Gasteiger partial charge in [0.05, 0.1) is 0 Å². The standard InChI is InChI=1S/C43H57N9O5/c1-7-52(8-2)24-23-44-39(53)34-19-22-36(28(3)25-34)31-13-9-29(10-14-31)26-37(41(55)46-35-20-17-32(18-21-35)38-48-50-51-49-38)47-40(54)33-15-11-30(12-16-33)27-45-42(56)57-43(4,5)6/h9-10,13-14,17-22,25,30,33,37H,7-8,11-12,15-16,23-24,26-27H2,1-6H3,(H,44,53)(H,45,56)(H,46,55)(H,47,54)(H,48,49,50,51). The molecular formula is C43H57N9O5. The predicted molar refractivity (Wildman–Crippen MR) is 220 cm³/mol. The van der Waals surface area contributed by atoms with Gasteiger partial charge in [-0.25, -0.2) is 4.79 Å². The zero-order chi connectivity index (χ0) is 41.0. The molecule has 1 fully saturated rings. The number of hydrogen-bond donors (Lipinski definition) is 5. The highest BCUT2D eigenvalue weighted by molar-refractivity contribution is 5.98. The Morgan fingerprint density at radius 3 is 2.19 bits per heavy atom. The summed E-state index contributed by atoms with van der Waals surface area (Å²) in [5.74, 6) is -0.152. The Morgan fingerprint density at radius 2 is 1.58 bits per heavy atom. The van der Waals surface area contributed by atoms with Crippen LogP contribution in [-0.2, 0) is 20.7 Å². The maximum absolute atomic E-state index is 13.8. The van der Waals surface area contributed by atoms with Gasteiger partial charge in [0.1, 0.15) is 11.6 Å². The number of nitrogens with one attached hydrogen (secondary N) is 5. The first kappa shape index (κ1) is 42.5. The third-order valence-corrected chi connectivity index (χ3v) is 10.3. The number of alkyl carbamates (subject to hydrolysis) is 1. The second-order valence-corrected chi connectivity index (χ2v) is 15.7. The van der Waals surface area contributed by atoms with E-state index in [1.807, 2.05) is 70.2 Å². The van der Waals surface area contributed by atoms with Gasteiger partial charge in [-0.3, -0.25) is 14.4 Å². The van der Waals surface area contributed by atoms with E-state index in [4.69, 9.17) is 4.74 Å². The number of benzene rings is 3. The van der Waals surface area contributed by atoms with Gasteiger partial charge in [0, 0.05) is 48.8 Å². The van der Waals surface area contributed by atoms with E-state index >= 15 is 0 Å². The van der Waals surface area contributed by atoms with Crippen LogP contribution >= 0.6 is 0 Å². The van der Waals surface area contributed by atoms with Crippen molar-refractivity contribution in [2.24, 2.45) is 11.8 Å². The molecule has 1 unspecified atom stereocenters. The van der Waals surface area contributed by atoms with Gasteiger partial charge >= 0.3 is 6.09 Å². The summed E-state index contributed by atoms with van der Waals surface area (Å²) >= 11 is 0. The largest absolute Gasteiger partial charge is 0.444 e. The van der Waals surface area contributed by atoms with E-state index in [0.29, 0.717) is 43.0 Å². The number of tetrazole rings is 1. The zero-order valence-electron chi connectivity index (χ0n) is 34.0. The fourth-order valence-electron chi connectivity index (χ4n) is 7.04. The fraction of sp³-hybridized carbons (Fsp3) is 0.465. The monoisotopic (exact) mass is 779 g/mol. The van der Waals surface area contributed by atoms with E-state index in [2.05, 4.69) is 60.6 Å². The third kappa shape index (κ3) is 12.7. The first-order chi connectivity index (χ1) is 27.3. The number of nitrogens with zero attached hydrogens (tertiary/aromatic N) is 4. The van der Waals surface area contributed by atoms with Crippen molar-refractivity contribution >= 4 is 29.5 Å². The Labute approximate surface area is 335 Å². The molecule has 0 saturated heterocycles. The lowest BCUT2D eigenvalue weighted by molar-refractivity contribution is -0.130. The van der Waals surface area contributed by atoms with Gasteiger partial charge in [0.2, 0.25) is 17.6 Å². The van der Waals surface area contributed by atoms with E-state index in [-0.39, 0.29) is 36.0 Å². The van der Waals surface area contributed by atoms with Crippen molar-refractivity contribution in [1.29, 1.82) is 0 Å². The molecule has 0 radical (unpaired) electrons. The Hall–Kier alpha value is -5.63. The molecule has 14 nitrogen and oxygen atoms in total. The molecular weight excluding hydrogens is 723 g/mol. The van der Waals surface area contributed by atoms with Crippen molar-refractivity contribution in [3.8, 4) is 22.5 Å². The smallest absolute Gasteiger partial charge is 0.407 e. The summed E-state index contributed by atoms with van der Waals surface area (Å²) in [6, 6.07) is 19.9. The number of carbonyl (C=O) groups excluding carboxylic acids is 4. The van der Waals surface area contributed by atoms with Crippen molar-refractivity contribution in [2.75, 3.05) is 38.0 Å². The molecule has 5 N–H and O–H groups in total. The SMILES string of the molecule is CCN(CC)CCNC(=O)c1ccc(-c2ccc(CC(NC(=O)C3CCC(CNC(=O)OC(C)(C)C)CC3)C(=O)Nc3ccc(-c4nn[nH]n4)cc3)cc2)c(C)c1. The second kappa shape index (κ2) is 20.0. The Bertz CT molecular complexity index is 1930. The van der Waals surface area contributed by atoms with Crippen LogP contribution in [-0.4, -0.2) is 93.7 Å². The number of amides is 4. The minimum Gasteiger partial charge on any atom is -0.444 e. The number of aromatic amines is 1. The van der Waals surface area contributed by atoms with Gasteiger partial charge in [-0.2, -0.15) is 5.21 Å². The van der Waals surface area contributed by atoms with Gasteiger partial charge in [-0.05, 0) is 136 Å². The first-order valence-corrected chi connectivity index (χ1v) is 19.9. The minimum atomic E-state index is -0.840. The number of H-pyrrole nitrogens is 1. The summed E-state index contributed by atoms with van der Waals surface area (Å²) in [5, 5.41) is 26.0. The molecule has 0 bridgehead atoms. The third-order valence-electron chi connectivity index (χ3n) is 10.3. The van der Waals surface area contributed by atoms with Crippen LogP contribution in [0.5, 0.6) is 0 Å². The summed E-state index contributed by atoms with van der Waals surface area (Å²) < 4.78 is 5.36. The number of likely N-dealkylation sites (N-methyl/N-ethyl adjacent to an activating group) is 1. The summed E-state index contributed by atoms with van der Waals surface area (Å²) in [4.78, 5) is 54.8. The fourth-order valence-corrected chi connectivity index (χ4v) is 7.04. The lowest BCUT2D eigenvalue weighted by atomic mass is 9.81. The molecule has 1 aromatic heterocycles. The Balaban J connectivity index is 1.23. The van der Waals surface area contributed by atoms with E-state index in [1.54, 1.807) is 24.3 Å². The van der Waals surface area contributed by atoms with Crippen LogP contribution in [0, 0.1) is 18.8 Å². The molecule has 1 aliphatic carbocycles. The van der Waals surface area contributed by atoms with Crippen LogP contribution < -0.4 is 21.3 Å². The lowest BCUT2D eigenvalue weighted by Crippen LogP contribution is -2.48. The van der Waals surface area contributed by atoms with Crippen molar-refractivity contribution < 1.29 is 23.9 Å².